The number of nitrogen functional groups attached to an aromatic ring is 1. The quantitative estimate of drug-likeness (QED) is 0.786. The molecule has 0 aliphatic carbocycles. The number of aliphatic hydroxyl groups excluding tert-OH is 1. The summed E-state index contributed by atoms with van der Waals surface area (Å²) in [6.45, 7) is -0.152. The highest BCUT2D eigenvalue weighted by Gasteiger charge is 2.17. The summed E-state index contributed by atoms with van der Waals surface area (Å²) in [4.78, 5) is 12.5. The molecule has 0 saturated carbocycles. The number of hydrogen-bond acceptors (Lipinski definition) is 4. The Labute approximate surface area is 109 Å². The lowest BCUT2D eigenvalue weighted by atomic mass is 10.1. The molecule has 94 valence electrons. The van der Waals surface area contributed by atoms with E-state index in [4.69, 9.17) is 5.73 Å². The number of rotatable bonds is 4. The first-order valence-electron chi connectivity index (χ1n) is 5.52. The van der Waals surface area contributed by atoms with Crippen LogP contribution in [-0.4, -0.2) is 17.6 Å². The SMILES string of the molecule is Nc1ccsc1C(=O)NC(CO)c1ccccc1. The summed E-state index contributed by atoms with van der Waals surface area (Å²) in [5.41, 5.74) is 7.01. The Bertz CT molecular complexity index is 525. The Morgan fingerprint density at radius 2 is 2.06 bits per heavy atom. The summed E-state index contributed by atoms with van der Waals surface area (Å²) in [7, 11) is 0. The van der Waals surface area contributed by atoms with E-state index in [1.54, 1.807) is 11.4 Å². The van der Waals surface area contributed by atoms with Crippen LogP contribution in [0.5, 0.6) is 0 Å². The number of amides is 1. The first kappa shape index (κ1) is 12.6. The van der Waals surface area contributed by atoms with Crippen molar-refractivity contribution in [3.8, 4) is 0 Å². The Kier molecular flexibility index (Phi) is 3.96. The van der Waals surface area contributed by atoms with E-state index in [0.29, 0.717) is 10.6 Å². The molecule has 0 fully saturated rings. The largest absolute Gasteiger partial charge is 0.397 e. The van der Waals surface area contributed by atoms with Gasteiger partial charge in [-0.25, -0.2) is 0 Å². The molecule has 1 atom stereocenters. The number of hydrogen-bond donors (Lipinski definition) is 3. The second kappa shape index (κ2) is 5.66. The van der Waals surface area contributed by atoms with Gasteiger partial charge in [0.1, 0.15) is 4.88 Å². The number of aliphatic hydroxyl groups is 1. The summed E-state index contributed by atoms with van der Waals surface area (Å²) in [5, 5.41) is 13.9. The summed E-state index contributed by atoms with van der Waals surface area (Å²) in [5.74, 6) is -0.259. The van der Waals surface area contributed by atoms with Crippen LogP contribution in [0.1, 0.15) is 21.3 Å². The fourth-order valence-corrected chi connectivity index (χ4v) is 2.37. The van der Waals surface area contributed by atoms with Gasteiger partial charge in [-0.3, -0.25) is 4.79 Å². The highest BCUT2D eigenvalue weighted by Crippen LogP contribution is 2.20. The van der Waals surface area contributed by atoms with Crippen LogP contribution in [0, 0.1) is 0 Å². The van der Waals surface area contributed by atoms with E-state index in [-0.39, 0.29) is 12.5 Å². The summed E-state index contributed by atoms with van der Waals surface area (Å²) in [6.07, 6.45) is 0. The number of nitrogens with one attached hydrogen (secondary N) is 1. The average molecular weight is 262 g/mol. The Balaban J connectivity index is 2.13. The van der Waals surface area contributed by atoms with E-state index in [2.05, 4.69) is 5.32 Å². The van der Waals surface area contributed by atoms with Gasteiger partial charge in [0.05, 0.1) is 18.3 Å². The molecule has 4 nitrogen and oxygen atoms in total. The van der Waals surface area contributed by atoms with Crippen molar-refractivity contribution < 1.29 is 9.90 Å². The molecule has 1 unspecified atom stereocenters. The van der Waals surface area contributed by atoms with Gasteiger partial charge in [0, 0.05) is 0 Å². The van der Waals surface area contributed by atoms with Crippen molar-refractivity contribution in [2.75, 3.05) is 12.3 Å². The lowest BCUT2D eigenvalue weighted by Crippen LogP contribution is -2.30. The third-order valence-electron chi connectivity index (χ3n) is 2.59. The van der Waals surface area contributed by atoms with E-state index in [1.807, 2.05) is 30.3 Å². The van der Waals surface area contributed by atoms with E-state index in [9.17, 15) is 9.90 Å². The number of anilines is 1. The third kappa shape index (κ3) is 2.69. The molecule has 1 aromatic carbocycles. The summed E-state index contributed by atoms with van der Waals surface area (Å²) >= 11 is 1.29. The third-order valence-corrected chi connectivity index (χ3v) is 3.52. The van der Waals surface area contributed by atoms with Gasteiger partial charge < -0.3 is 16.2 Å². The zero-order valence-electron chi connectivity index (χ0n) is 9.67. The van der Waals surface area contributed by atoms with Gasteiger partial charge in [-0.05, 0) is 17.0 Å². The van der Waals surface area contributed by atoms with Crippen LogP contribution in [0.15, 0.2) is 41.8 Å². The van der Waals surface area contributed by atoms with Gasteiger partial charge in [0.15, 0.2) is 0 Å². The highest BCUT2D eigenvalue weighted by molar-refractivity contribution is 7.12. The molecule has 0 spiro atoms. The Morgan fingerprint density at radius 3 is 2.61 bits per heavy atom. The number of thiophene rings is 1. The highest BCUT2D eigenvalue weighted by atomic mass is 32.1. The first-order chi connectivity index (χ1) is 8.72. The molecule has 1 heterocycles. The van der Waals surface area contributed by atoms with Crippen molar-refractivity contribution in [3.63, 3.8) is 0 Å². The lowest BCUT2D eigenvalue weighted by Gasteiger charge is -2.16. The smallest absolute Gasteiger partial charge is 0.264 e. The molecule has 1 amide bonds. The zero-order valence-corrected chi connectivity index (χ0v) is 10.5. The van der Waals surface area contributed by atoms with E-state index in [1.165, 1.54) is 11.3 Å². The van der Waals surface area contributed by atoms with Crippen molar-refractivity contribution in [1.29, 1.82) is 0 Å². The summed E-state index contributed by atoms with van der Waals surface area (Å²) < 4.78 is 0. The van der Waals surface area contributed by atoms with Crippen molar-refractivity contribution in [3.05, 3.63) is 52.2 Å². The monoisotopic (exact) mass is 262 g/mol. The van der Waals surface area contributed by atoms with Gasteiger partial charge in [-0.2, -0.15) is 0 Å². The van der Waals surface area contributed by atoms with Crippen molar-refractivity contribution in [1.82, 2.24) is 5.32 Å². The number of benzene rings is 1. The Morgan fingerprint density at radius 1 is 1.33 bits per heavy atom. The minimum atomic E-state index is -0.416. The standard InChI is InChI=1S/C13H14N2O2S/c14-10-6-7-18-12(10)13(17)15-11(8-16)9-4-2-1-3-5-9/h1-7,11,16H,8,14H2,(H,15,17). The second-order valence-corrected chi connectivity index (χ2v) is 4.74. The van der Waals surface area contributed by atoms with Crippen LogP contribution >= 0.6 is 11.3 Å². The maximum Gasteiger partial charge on any atom is 0.264 e. The van der Waals surface area contributed by atoms with Crippen LogP contribution in [-0.2, 0) is 0 Å². The topological polar surface area (TPSA) is 75.4 Å². The maximum absolute atomic E-state index is 12.0. The van der Waals surface area contributed by atoms with Crippen LogP contribution < -0.4 is 11.1 Å². The molecule has 0 aliphatic rings. The van der Waals surface area contributed by atoms with Gasteiger partial charge in [-0.15, -0.1) is 11.3 Å². The summed E-state index contributed by atoms with van der Waals surface area (Å²) in [6, 6.07) is 10.6. The molecule has 5 heteroatoms. The van der Waals surface area contributed by atoms with E-state index >= 15 is 0 Å². The lowest BCUT2D eigenvalue weighted by molar-refractivity contribution is 0.0921. The number of carbonyl (C=O) groups is 1. The minimum Gasteiger partial charge on any atom is -0.397 e. The number of carbonyl (C=O) groups excluding carboxylic acids is 1. The minimum absolute atomic E-state index is 0.152. The normalized spacial score (nSPS) is 12.1. The van der Waals surface area contributed by atoms with Crippen molar-refractivity contribution in [2.45, 2.75) is 6.04 Å². The van der Waals surface area contributed by atoms with Crippen LogP contribution in [0.25, 0.3) is 0 Å². The fraction of sp³-hybridized carbons (Fsp3) is 0.154. The molecule has 2 aromatic rings. The molecule has 1 aromatic heterocycles. The molecular formula is C13H14N2O2S. The molecule has 18 heavy (non-hydrogen) atoms. The second-order valence-electron chi connectivity index (χ2n) is 3.82. The molecule has 0 radical (unpaired) electrons. The van der Waals surface area contributed by atoms with Gasteiger partial charge in [-0.1, -0.05) is 30.3 Å². The van der Waals surface area contributed by atoms with Gasteiger partial charge >= 0.3 is 0 Å². The Hall–Kier alpha value is -1.85. The average Bonchev–Trinajstić information content (AvgIpc) is 2.83. The van der Waals surface area contributed by atoms with Gasteiger partial charge in [0.2, 0.25) is 0 Å². The predicted octanol–water partition coefficient (Wildman–Crippen LogP) is 1.79. The predicted molar refractivity (Wildman–Crippen MR) is 72.5 cm³/mol. The van der Waals surface area contributed by atoms with Crippen molar-refractivity contribution in [2.24, 2.45) is 0 Å². The van der Waals surface area contributed by atoms with Crippen LogP contribution in [0.3, 0.4) is 0 Å². The molecular weight excluding hydrogens is 248 g/mol. The van der Waals surface area contributed by atoms with Crippen molar-refractivity contribution >= 4 is 22.9 Å². The molecule has 2 rings (SSSR count). The number of nitrogens with two attached hydrogens (primary N) is 1. The molecule has 0 saturated heterocycles. The fourth-order valence-electron chi connectivity index (χ4n) is 1.65. The molecule has 4 N–H and O–H groups in total. The van der Waals surface area contributed by atoms with Crippen LogP contribution in [0.2, 0.25) is 0 Å². The van der Waals surface area contributed by atoms with E-state index < -0.39 is 6.04 Å². The maximum atomic E-state index is 12.0. The first-order valence-corrected chi connectivity index (χ1v) is 6.40. The van der Waals surface area contributed by atoms with E-state index in [0.717, 1.165) is 5.56 Å². The van der Waals surface area contributed by atoms with Crippen LogP contribution in [0.4, 0.5) is 5.69 Å². The molecule has 0 bridgehead atoms. The van der Waals surface area contributed by atoms with Gasteiger partial charge in [0.25, 0.3) is 5.91 Å². The zero-order chi connectivity index (χ0) is 13.0. The molecule has 0 aliphatic heterocycles.